The summed E-state index contributed by atoms with van der Waals surface area (Å²) in [6.45, 7) is 2.57. The van der Waals surface area contributed by atoms with E-state index in [2.05, 4.69) is 0 Å². The molecule has 0 unspecified atom stereocenters. The molecule has 0 amide bonds. The Bertz CT molecular complexity index is 959. The smallest absolute Gasteiger partial charge is 0.243 e. The van der Waals surface area contributed by atoms with Gasteiger partial charge in [-0.05, 0) is 30.3 Å². The highest BCUT2D eigenvalue weighted by Crippen LogP contribution is 2.30. The minimum Gasteiger partial charge on any atom is -0.496 e. The molecule has 2 aromatic rings. The maximum atomic E-state index is 13.6. The molecule has 0 radical (unpaired) electrons. The summed E-state index contributed by atoms with van der Waals surface area (Å²) in [4.78, 5) is 1.35. The zero-order chi connectivity index (χ0) is 21.0. The average molecular weight is 426 g/mol. The SMILES string of the molecule is COc1ccc(F)cc1C[NH+]1CCN(S(=O)(=O)c2ccc(OC)c(OC)c2)CC1. The Balaban J connectivity index is 1.69. The first-order valence-electron chi connectivity index (χ1n) is 9.27. The molecule has 1 heterocycles. The van der Waals surface area contributed by atoms with Gasteiger partial charge in [-0.2, -0.15) is 4.31 Å². The van der Waals surface area contributed by atoms with E-state index in [4.69, 9.17) is 14.2 Å². The number of nitrogens with zero attached hydrogens (tertiary/aromatic N) is 1. The molecule has 158 valence electrons. The van der Waals surface area contributed by atoms with Crippen LogP contribution in [0.2, 0.25) is 0 Å². The molecule has 1 saturated heterocycles. The van der Waals surface area contributed by atoms with Crippen molar-refractivity contribution in [3.05, 3.63) is 47.8 Å². The van der Waals surface area contributed by atoms with Crippen molar-refractivity contribution in [1.29, 1.82) is 0 Å². The van der Waals surface area contributed by atoms with Crippen molar-refractivity contribution in [2.75, 3.05) is 47.5 Å². The lowest BCUT2D eigenvalue weighted by Crippen LogP contribution is -3.13. The summed E-state index contributed by atoms with van der Waals surface area (Å²) in [5, 5.41) is 0. The van der Waals surface area contributed by atoms with Crippen molar-refractivity contribution in [2.24, 2.45) is 0 Å². The molecule has 0 saturated carbocycles. The first-order valence-corrected chi connectivity index (χ1v) is 10.7. The van der Waals surface area contributed by atoms with Crippen LogP contribution in [0.15, 0.2) is 41.3 Å². The Morgan fingerprint density at radius 2 is 1.55 bits per heavy atom. The summed E-state index contributed by atoms with van der Waals surface area (Å²) in [6.07, 6.45) is 0. The lowest BCUT2D eigenvalue weighted by molar-refractivity contribution is -0.917. The van der Waals surface area contributed by atoms with Gasteiger partial charge in [-0.3, -0.25) is 0 Å². The molecular formula is C20H26FN2O5S+. The van der Waals surface area contributed by atoms with Crippen molar-refractivity contribution in [2.45, 2.75) is 11.4 Å². The lowest BCUT2D eigenvalue weighted by atomic mass is 10.1. The second-order valence-electron chi connectivity index (χ2n) is 6.80. The maximum Gasteiger partial charge on any atom is 0.243 e. The van der Waals surface area contributed by atoms with Crippen LogP contribution in [-0.4, -0.2) is 60.2 Å². The number of rotatable bonds is 7. The fraction of sp³-hybridized carbons (Fsp3) is 0.400. The summed E-state index contributed by atoms with van der Waals surface area (Å²) in [5.74, 6) is 1.18. The molecule has 29 heavy (non-hydrogen) atoms. The minimum absolute atomic E-state index is 0.172. The van der Waals surface area contributed by atoms with Crippen LogP contribution in [0.3, 0.4) is 0 Å². The molecule has 1 fully saturated rings. The third-order valence-corrected chi connectivity index (χ3v) is 7.00. The number of hydrogen-bond donors (Lipinski definition) is 1. The number of ether oxygens (including phenoxy) is 3. The van der Waals surface area contributed by atoms with E-state index in [0.29, 0.717) is 50.0 Å². The third-order valence-electron chi connectivity index (χ3n) is 5.11. The van der Waals surface area contributed by atoms with Crippen LogP contribution >= 0.6 is 0 Å². The molecule has 2 aromatic carbocycles. The molecule has 1 aliphatic heterocycles. The van der Waals surface area contributed by atoms with Gasteiger partial charge >= 0.3 is 0 Å². The second kappa shape index (κ2) is 8.98. The zero-order valence-electron chi connectivity index (χ0n) is 16.8. The van der Waals surface area contributed by atoms with E-state index in [9.17, 15) is 12.8 Å². The van der Waals surface area contributed by atoms with Crippen LogP contribution in [-0.2, 0) is 16.6 Å². The summed E-state index contributed by atoms with van der Waals surface area (Å²) >= 11 is 0. The van der Waals surface area contributed by atoms with Crippen LogP contribution in [0.5, 0.6) is 17.2 Å². The van der Waals surface area contributed by atoms with Crippen molar-refractivity contribution >= 4 is 10.0 Å². The molecule has 3 rings (SSSR count). The van der Waals surface area contributed by atoms with E-state index in [1.54, 1.807) is 19.2 Å². The number of hydrogen-bond acceptors (Lipinski definition) is 5. The largest absolute Gasteiger partial charge is 0.496 e. The van der Waals surface area contributed by atoms with Crippen molar-refractivity contribution in [3.63, 3.8) is 0 Å². The molecule has 1 aliphatic rings. The zero-order valence-corrected chi connectivity index (χ0v) is 17.6. The number of quaternary nitrogens is 1. The van der Waals surface area contributed by atoms with Crippen LogP contribution in [0.1, 0.15) is 5.56 Å². The summed E-state index contributed by atoms with van der Waals surface area (Å²) in [7, 11) is 0.891. The maximum absolute atomic E-state index is 13.6. The molecule has 9 heteroatoms. The Labute approximate surface area is 170 Å². The first-order chi connectivity index (χ1) is 13.9. The van der Waals surface area contributed by atoms with E-state index in [-0.39, 0.29) is 10.7 Å². The van der Waals surface area contributed by atoms with Crippen LogP contribution < -0.4 is 19.1 Å². The summed E-state index contributed by atoms with van der Waals surface area (Å²) in [5.41, 5.74) is 0.777. The normalized spacial score (nSPS) is 15.9. The Morgan fingerprint density at radius 1 is 0.931 bits per heavy atom. The number of sulfonamides is 1. The molecular weight excluding hydrogens is 399 g/mol. The van der Waals surface area contributed by atoms with Gasteiger partial charge in [-0.1, -0.05) is 0 Å². The van der Waals surface area contributed by atoms with Crippen molar-refractivity contribution in [1.82, 2.24) is 4.31 Å². The predicted octanol–water partition coefficient (Wildman–Crippen LogP) is 0.941. The predicted molar refractivity (Wildman–Crippen MR) is 106 cm³/mol. The van der Waals surface area contributed by atoms with Gasteiger partial charge in [0.1, 0.15) is 18.1 Å². The van der Waals surface area contributed by atoms with E-state index in [0.717, 1.165) is 5.56 Å². The number of halogens is 1. The standard InChI is InChI=1S/C20H25FN2O5S/c1-26-18-6-4-16(21)12-15(18)14-22-8-10-23(11-9-22)29(24,25)17-5-7-19(27-2)20(13-17)28-3/h4-7,12-13H,8-11,14H2,1-3H3/p+1. The second-order valence-corrected chi connectivity index (χ2v) is 8.74. The number of benzene rings is 2. The van der Waals surface area contributed by atoms with Gasteiger partial charge in [0, 0.05) is 6.07 Å². The van der Waals surface area contributed by atoms with Crippen LogP contribution in [0.25, 0.3) is 0 Å². The van der Waals surface area contributed by atoms with Crippen molar-refractivity contribution in [3.8, 4) is 17.2 Å². The van der Waals surface area contributed by atoms with E-state index in [1.165, 1.54) is 47.7 Å². The number of piperazine rings is 1. The molecule has 0 atom stereocenters. The van der Waals surface area contributed by atoms with E-state index < -0.39 is 10.0 Å². The summed E-state index contributed by atoms with van der Waals surface area (Å²) < 4.78 is 56.8. The van der Waals surface area contributed by atoms with Gasteiger partial charge in [0.15, 0.2) is 11.5 Å². The minimum atomic E-state index is -3.64. The van der Waals surface area contributed by atoms with Gasteiger partial charge in [0.2, 0.25) is 10.0 Å². The highest BCUT2D eigenvalue weighted by Gasteiger charge is 2.31. The topological polar surface area (TPSA) is 69.5 Å². The van der Waals surface area contributed by atoms with Gasteiger partial charge in [-0.15, -0.1) is 0 Å². The molecule has 7 nitrogen and oxygen atoms in total. The molecule has 0 spiro atoms. The fourth-order valence-electron chi connectivity index (χ4n) is 3.50. The lowest BCUT2D eigenvalue weighted by Gasteiger charge is -2.31. The van der Waals surface area contributed by atoms with E-state index in [1.807, 2.05) is 0 Å². The van der Waals surface area contributed by atoms with Crippen LogP contribution in [0, 0.1) is 5.82 Å². The average Bonchev–Trinajstić information content (AvgIpc) is 2.73. The summed E-state index contributed by atoms with van der Waals surface area (Å²) in [6, 6.07) is 9.04. The Morgan fingerprint density at radius 3 is 2.17 bits per heavy atom. The Hall–Kier alpha value is -2.36. The number of nitrogens with one attached hydrogen (secondary N) is 1. The van der Waals surface area contributed by atoms with Gasteiger partial charge < -0.3 is 19.1 Å². The number of methoxy groups -OCH3 is 3. The molecule has 0 bridgehead atoms. The fourth-order valence-corrected chi connectivity index (χ4v) is 4.96. The van der Waals surface area contributed by atoms with E-state index >= 15 is 0 Å². The monoisotopic (exact) mass is 425 g/mol. The molecule has 0 aromatic heterocycles. The quantitative estimate of drug-likeness (QED) is 0.715. The first kappa shape index (κ1) is 21.4. The van der Waals surface area contributed by atoms with Crippen LogP contribution in [0.4, 0.5) is 4.39 Å². The van der Waals surface area contributed by atoms with Gasteiger partial charge in [-0.25, -0.2) is 12.8 Å². The third kappa shape index (κ3) is 4.63. The highest BCUT2D eigenvalue weighted by atomic mass is 32.2. The molecule has 0 aliphatic carbocycles. The van der Waals surface area contributed by atoms with Gasteiger partial charge in [0.05, 0.1) is 58.0 Å². The Kier molecular flexibility index (Phi) is 6.61. The van der Waals surface area contributed by atoms with Gasteiger partial charge in [0.25, 0.3) is 0 Å². The van der Waals surface area contributed by atoms with Crippen molar-refractivity contribution < 1.29 is 31.9 Å². The molecule has 1 N–H and O–H groups in total. The highest BCUT2D eigenvalue weighted by molar-refractivity contribution is 7.89.